The molecule has 0 bridgehead atoms. The molecule has 1 heterocycles. The summed E-state index contributed by atoms with van der Waals surface area (Å²) < 4.78 is 4.85. The molecule has 1 unspecified atom stereocenters. The van der Waals surface area contributed by atoms with Crippen molar-refractivity contribution in [3.63, 3.8) is 0 Å². The van der Waals surface area contributed by atoms with Gasteiger partial charge in [-0.05, 0) is 18.6 Å². The number of aliphatic hydroxyl groups excluding tert-OH is 1. The molecule has 17 heavy (non-hydrogen) atoms. The minimum Gasteiger partial charge on any atom is -0.394 e. The Hall–Kier alpha value is -1.66. The second kappa shape index (κ2) is 6.82. The zero-order valence-corrected chi connectivity index (χ0v) is 9.60. The fourth-order valence-corrected chi connectivity index (χ4v) is 1.33. The van der Waals surface area contributed by atoms with Gasteiger partial charge in [0.15, 0.2) is 0 Å². The number of hydrogen-bond donors (Lipinski definition) is 3. The van der Waals surface area contributed by atoms with Crippen LogP contribution < -0.4 is 10.9 Å². The van der Waals surface area contributed by atoms with Crippen LogP contribution in [0.4, 0.5) is 0 Å². The van der Waals surface area contributed by atoms with Gasteiger partial charge in [0.2, 0.25) is 0 Å². The molecule has 0 aliphatic carbocycles. The molecule has 0 fully saturated rings. The number of aromatic nitrogens is 1. The molecule has 1 aromatic heterocycles. The van der Waals surface area contributed by atoms with Gasteiger partial charge >= 0.3 is 0 Å². The lowest BCUT2D eigenvalue weighted by Gasteiger charge is -2.15. The molecule has 0 aromatic carbocycles. The van der Waals surface area contributed by atoms with Gasteiger partial charge in [0, 0.05) is 19.9 Å². The molecule has 1 aromatic rings. The second-order valence-corrected chi connectivity index (χ2v) is 3.55. The van der Waals surface area contributed by atoms with E-state index >= 15 is 0 Å². The summed E-state index contributed by atoms with van der Waals surface area (Å²) in [5.74, 6) is -0.498. The summed E-state index contributed by atoms with van der Waals surface area (Å²) in [6, 6.07) is 2.58. The van der Waals surface area contributed by atoms with Crippen LogP contribution in [0, 0.1) is 0 Å². The van der Waals surface area contributed by atoms with Crippen molar-refractivity contribution in [1.29, 1.82) is 0 Å². The zero-order valence-electron chi connectivity index (χ0n) is 9.60. The van der Waals surface area contributed by atoms with Gasteiger partial charge in [0.05, 0.1) is 12.6 Å². The first-order valence-corrected chi connectivity index (χ1v) is 5.27. The first kappa shape index (κ1) is 13.4. The maximum Gasteiger partial charge on any atom is 0.260 e. The van der Waals surface area contributed by atoms with Crippen LogP contribution in [0.25, 0.3) is 0 Å². The molecule has 1 rings (SSSR count). The Morgan fingerprint density at radius 1 is 1.65 bits per heavy atom. The summed E-state index contributed by atoms with van der Waals surface area (Å²) >= 11 is 0. The quantitative estimate of drug-likeness (QED) is 0.625. The zero-order chi connectivity index (χ0) is 12.7. The largest absolute Gasteiger partial charge is 0.394 e. The smallest absolute Gasteiger partial charge is 0.260 e. The number of aromatic amines is 1. The van der Waals surface area contributed by atoms with Crippen molar-refractivity contribution < 1.29 is 14.6 Å². The monoisotopic (exact) mass is 240 g/mol. The van der Waals surface area contributed by atoms with Gasteiger partial charge < -0.3 is 20.1 Å². The van der Waals surface area contributed by atoms with Crippen molar-refractivity contribution in [2.24, 2.45) is 0 Å². The average Bonchev–Trinajstić information content (AvgIpc) is 2.34. The lowest BCUT2D eigenvalue weighted by atomic mass is 10.2. The molecular weight excluding hydrogens is 224 g/mol. The van der Waals surface area contributed by atoms with Crippen LogP contribution in [0.5, 0.6) is 0 Å². The Morgan fingerprint density at radius 3 is 3.00 bits per heavy atom. The molecule has 0 radical (unpaired) electrons. The van der Waals surface area contributed by atoms with E-state index in [4.69, 9.17) is 9.84 Å². The summed E-state index contributed by atoms with van der Waals surface area (Å²) in [7, 11) is 1.54. The Labute approximate surface area is 98.6 Å². The Morgan fingerprint density at radius 2 is 2.41 bits per heavy atom. The van der Waals surface area contributed by atoms with Gasteiger partial charge in [-0.2, -0.15) is 0 Å². The van der Waals surface area contributed by atoms with Crippen molar-refractivity contribution in [3.05, 3.63) is 34.2 Å². The number of ether oxygens (including phenoxy) is 1. The predicted octanol–water partition coefficient (Wildman–Crippen LogP) is -0.498. The van der Waals surface area contributed by atoms with Crippen molar-refractivity contribution in [3.8, 4) is 0 Å². The number of carbonyl (C=O) groups excluding carboxylic acids is 1. The summed E-state index contributed by atoms with van der Waals surface area (Å²) in [5.41, 5.74) is -0.420. The summed E-state index contributed by atoms with van der Waals surface area (Å²) in [4.78, 5) is 25.5. The van der Waals surface area contributed by atoms with E-state index in [1.807, 2.05) is 0 Å². The maximum atomic E-state index is 11.7. The molecule has 1 amide bonds. The Kier molecular flexibility index (Phi) is 5.38. The highest BCUT2D eigenvalue weighted by Gasteiger charge is 2.14. The summed E-state index contributed by atoms with van der Waals surface area (Å²) in [6.07, 6.45) is 1.94. The fourth-order valence-electron chi connectivity index (χ4n) is 1.33. The van der Waals surface area contributed by atoms with Crippen LogP contribution in [-0.2, 0) is 4.74 Å². The molecule has 94 valence electrons. The third-order valence-corrected chi connectivity index (χ3v) is 2.29. The molecular formula is C11H16N2O4. The van der Waals surface area contributed by atoms with E-state index in [0.29, 0.717) is 13.0 Å². The van der Waals surface area contributed by atoms with Crippen molar-refractivity contribution in [2.75, 3.05) is 20.3 Å². The number of methoxy groups -OCH3 is 1. The van der Waals surface area contributed by atoms with Crippen molar-refractivity contribution in [1.82, 2.24) is 10.3 Å². The van der Waals surface area contributed by atoms with Gasteiger partial charge in [0.1, 0.15) is 5.56 Å². The van der Waals surface area contributed by atoms with Crippen LogP contribution in [0.15, 0.2) is 23.1 Å². The molecule has 0 spiro atoms. The van der Waals surface area contributed by atoms with Gasteiger partial charge in [0.25, 0.3) is 11.5 Å². The number of carbonyl (C=O) groups is 1. The van der Waals surface area contributed by atoms with Gasteiger partial charge in [-0.15, -0.1) is 0 Å². The van der Waals surface area contributed by atoms with Crippen LogP contribution in [0.2, 0.25) is 0 Å². The topological polar surface area (TPSA) is 91.4 Å². The molecule has 1 atom stereocenters. The van der Waals surface area contributed by atoms with E-state index in [9.17, 15) is 9.59 Å². The van der Waals surface area contributed by atoms with E-state index in [1.54, 1.807) is 6.07 Å². The highest BCUT2D eigenvalue weighted by molar-refractivity contribution is 5.93. The first-order chi connectivity index (χ1) is 8.19. The van der Waals surface area contributed by atoms with Gasteiger partial charge in [-0.1, -0.05) is 0 Å². The highest BCUT2D eigenvalue weighted by atomic mass is 16.5. The first-order valence-electron chi connectivity index (χ1n) is 5.27. The molecule has 0 aliphatic heterocycles. The number of rotatable bonds is 6. The summed E-state index contributed by atoms with van der Waals surface area (Å²) in [5, 5.41) is 11.6. The summed E-state index contributed by atoms with van der Waals surface area (Å²) in [6.45, 7) is 0.233. The van der Waals surface area contributed by atoms with E-state index in [1.165, 1.54) is 19.4 Å². The minimum atomic E-state index is -0.498. The Balaban J connectivity index is 2.65. The number of aliphatic hydroxyl groups is 1. The van der Waals surface area contributed by atoms with E-state index < -0.39 is 17.5 Å². The standard InChI is InChI=1S/C11H16N2O4/c1-17-6-4-8(7-14)13-11(16)9-3-2-5-12-10(9)15/h2-3,5,8,14H,4,6-7H2,1H3,(H,12,15)(H,13,16). The highest BCUT2D eigenvalue weighted by Crippen LogP contribution is 1.95. The van der Waals surface area contributed by atoms with Crippen LogP contribution in [0.3, 0.4) is 0 Å². The van der Waals surface area contributed by atoms with E-state index in [2.05, 4.69) is 10.3 Å². The molecule has 0 saturated carbocycles. The third kappa shape index (κ3) is 4.01. The third-order valence-electron chi connectivity index (χ3n) is 2.29. The van der Waals surface area contributed by atoms with Crippen molar-refractivity contribution >= 4 is 5.91 Å². The molecule has 3 N–H and O–H groups in total. The fraction of sp³-hybridized carbons (Fsp3) is 0.455. The van der Waals surface area contributed by atoms with Gasteiger partial charge in [-0.25, -0.2) is 0 Å². The van der Waals surface area contributed by atoms with Crippen LogP contribution >= 0.6 is 0 Å². The molecule has 6 nitrogen and oxygen atoms in total. The normalized spacial score (nSPS) is 12.1. The van der Waals surface area contributed by atoms with E-state index in [0.717, 1.165) is 0 Å². The maximum absolute atomic E-state index is 11.7. The predicted molar refractivity (Wildman–Crippen MR) is 61.9 cm³/mol. The average molecular weight is 240 g/mol. The van der Waals surface area contributed by atoms with Gasteiger partial charge in [-0.3, -0.25) is 9.59 Å². The molecule has 6 heteroatoms. The number of nitrogens with one attached hydrogen (secondary N) is 2. The van der Waals surface area contributed by atoms with E-state index in [-0.39, 0.29) is 12.2 Å². The van der Waals surface area contributed by atoms with Crippen molar-refractivity contribution in [2.45, 2.75) is 12.5 Å². The number of amides is 1. The number of hydrogen-bond acceptors (Lipinski definition) is 4. The SMILES string of the molecule is COCCC(CO)NC(=O)c1ccc[nH]c1=O. The lowest BCUT2D eigenvalue weighted by molar-refractivity contribution is 0.0893. The number of H-pyrrole nitrogens is 1. The second-order valence-electron chi connectivity index (χ2n) is 3.55. The molecule has 0 aliphatic rings. The minimum absolute atomic E-state index is 0.0309. The van der Waals surface area contributed by atoms with Crippen LogP contribution in [0.1, 0.15) is 16.8 Å². The molecule has 0 saturated heterocycles. The Bertz CT molecular complexity index is 416. The van der Waals surface area contributed by atoms with Crippen LogP contribution in [-0.4, -0.2) is 42.4 Å². The number of pyridine rings is 1. The lowest BCUT2D eigenvalue weighted by Crippen LogP contribution is -2.40.